The summed E-state index contributed by atoms with van der Waals surface area (Å²) in [5.41, 5.74) is 2.30. The first kappa shape index (κ1) is 14.0. The van der Waals surface area contributed by atoms with Crippen LogP contribution < -0.4 is 5.32 Å². The number of rotatable bonds is 4. The highest BCUT2D eigenvalue weighted by Gasteiger charge is 2.07. The molecule has 0 radical (unpaired) electrons. The number of sulfone groups is 1. The number of nitriles is 1. The highest BCUT2D eigenvalue weighted by molar-refractivity contribution is 7.90. The van der Waals surface area contributed by atoms with E-state index in [1.165, 1.54) is 12.3 Å². The second-order valence-corrected chi connectivity index (χ2v) is 6.29. The molecule has 0 unspecified atom stereocenters. The van der Waals surface area contributed by atoms with Crippen LogP contribution in [0.3, 0.4) is 0 Å². The predicted molar refractivity (Wildman–Crippen MR) is 75.8 cm³/mol. The van der Waals surface area contributed by atoms with E-state index in [-0.39, 0.29) is 5.03 Å². The van der Waals surface area contributed by atoms with Crippen molar-refractivity contribution < 1.29 is 8.42 Å². The molecule has 0 saturated carbocycles. The monoisotopic (exact) mass is 287 g/mol. The molecule has 102 valence electrons. The standard InChI is InChI=1S/C14H13N3O2S/c1-20(18,19)14-6-5-13(10-17-14)16-9-12-4-2-3-11(7-12)8-15/h2-7,10,16H,9H2,1H3. The molecule has 2 aromatic rings. The zero-order chi connectivity index (χ0) is 14.6. The summed E-state index contributed by atoms with van der Waals surface area (Å²) in [5.74, 6) is 0. The van der Waals surface area contributed by atoms with Crippen molar-refractivity contribution in [3.05, 3.63) is 53.7 Å². The molecule has 0 amide bonds. The Labute approximate surface area is 117 Å². The first-order valence-electron chi connectivity index (χ1n) is 5.88. The van der Waals surface area contributed by atoms with Gasteiger partial charge in [0, 0.05) is 12.8 Å². The van der Waals surface area contributed by atoms with Crippen molar-refractivity contribution in [2.24, 2.45) is 0 Å². The van der Waals surface area contributed by atoms with E-state index in [0.29, 0.717) is 12.1 Å². The minimum Gasteiger partial charge on any atom is -0.380 e. The molecule has 0 fully saturated rings. The van der Waals surface area contributed by atoms with Gasteiger partial charge in [0.05, 0.1) is 23.5 Å². The van der Waals surface area contributed by atoms with Gasteiger partial charge in [-0.3, -0.25) is 0 Å². The molecule has 6 heteroatoms. The molecule has 1 aromatic carbocycles. The van der Waals surface area contributed by atoms with Crippen LogP contribution in [-0.4, -0.2) is 19.7 Å². The Bertz CT molecular complexity index is 747. The van der Waals surface area contributed by atoms with Crippen LogP contribution in [-0.2, 0) is 16.4 Å². The van der Waals surface area contributed by atoms with Crippen molar-refractivity contribution in [1.29, 1.82) is 5.26 Å². The third-order valence-electron chi connectivity index (χ3n) is 2.67. The summed E-state index contributed by atoms with van der Waals surface area (Å²) in [6.07, 6.45) is 2.60. The minimum absolute atomic E-state index is 0.0505. The molecule has 2 rings (SSSR count). The molecule has 1 N–H and O–H groups in total. The summed E-state index contributed by atoms with van der Waals surface area (Å²) in [4.78, 5) is 3.89. The molecule has 0 saturated heterocycles. The van der Waals surface area contributed by atoms with Gasteiger partial charge in [-0.05, 0) is 29.8 Å². The van der Waals surface area contributed by atoms with E-state index >= 15 is 0 Å². The van der Waals surface area contributed by atoms with Crippen molar-refractivity contribution in [3.63, 3.8) is 0 Å². The van der Waals surface area contributed by atoms with Crippen LogP contribution in [0.1, 0.15) is 11.1 Å². The Kier molecular flexibility index (Phi) is 4.01. The molecule has 0 aliphatic heterocycles. The first-order valence-corrected chi connectivity index (χ1v) is 7.77. The number of benzene rings is 1. The average Bonchev–Trinajstić information content (AvgIpc) is 2.45. The summed E-state index contributed by atoms with van der Waals surface area (Å²) >= 11 is 0. The lowest BCUT2D eigenvalue weighted by Crippen LogP contribution is -2.03. The van der Waals surface area contributed by atoms with Crippen LogP contribution in [0.25, 0.3) is 0 Å². The smallest absolute Gasteiger partial charge is 0.192 e. The SMILES string of the molecule is CS(=O)(=O)c1ccc(NCc2cccc(C#N)c2)cn1. The molecule has 5 nitrogen and oxygen atoms in total. The molecular formula is C14H13N3O2S. The predicted octanol–water partition coefficient (Wildman–Crippen LogP) is 1.97. The molecule has 0 aliphatic carbocycles. The normalized spacial score (nSPS) is 10.8. The molecule has 0 spiro atoms. The van der Waals surface area contributed by atoms with Gasteiger partial charge in [-0.15, -0.1) is 0 Å². The van der Waals surface area contributed by atoms with E-state index in [0.717, 1.165) is 17.5 Å². The third-order valence-corrected chi connectivity index (χ3v) is 3.67. The lowest BCUT2D eigenvalue weighted by molar-refractivity contribution is 0.598. The number of aromatic nitrogens is 1. The quantitative estimate of drug-likeness (QED) is 0.929. The van der Waals surface area contributed by atoms with Gasteiger partial charge in [-0.1, -0.05) is 12.1 Å². The van der Waals surface area contributed by atoms with E-state index < -0.39 is 9.84 Å². The summed E-state index contributed by atoms with van der Waals surface area (Å²) in [6.45, 7) is 0.537. The Balaban J connectivity index is 2.06. The van der Waals surface area contributed by atoms with E-state index in [1.54, 1.807) is 18.2 Å². The van der Waals surface area contributed by atoms with Crippen molar-refractivity contribution in [2.45, 2.75) is 11.6 Å². The Morgan fingerprint density at radius 1 is 1.30 bits per heavy atom. The van der Waals surface area contributed by atoms with Gasteiger partial charge < -0.3 is 5.32 Å². The Morgan fingerprint density at radius 2 is 2.10 bits per heavy atom. The first-order chi connectivity index (χ1) is 9.49. The van der Waals surface area contributed by atoms with Gasteiger partial charge in [0.15, 0.2) is 14.9 Å². The maximum atomic E-state index is 11.3. The van der Waals surface area contributed by atoms with Crippen molar-refractivity contribution in [3.8, 4) is 6.07 Å². The van der Waals surface area contributed by atoms with Gasteiger partial charge >= 0.3 is 0 Å². The van der Waals surface area contributed by atoms with Crippen LogP contribution in [0.5, 0.6) is 0 Å². The fourth-order valence-electron chi connectivity index (χ4n) is 1.66. The molecule has 0 aliphatic rings. The average molecular weight is 287 g/mol. The Hall–Kier alpha value is -2.39. The van der Waals surface area contributed by atoms with Crippen LogP contribution in [0.15, 0.2) is 47.6 Å². The second kappa shape index (κ2) is 5.72. The van der Waals surface area contributed by atoms with Crippen LogP contribution in [0.2, 0.25) is 0 Å². The maximum absolute atomic E-state index is 11.3. The highest BCUT2D eigenvalue weighted by Crippen LogP contribution is 2.12. The van der Waals surface area contributed by atoms with E-state index in [2.05, 4.69) is 16.4 Å². The number of hydrogen-bond acceptors (Lipinski definition) is 5. The molecule has 1 heterocycles. The summed E-state index contributed by atoms with van der Waals surface area (Å²) in [6, 6.07) is 12.5. The van der Waals surface area contributed by atoms with Crippen LogP contribution in [0, 0.1) is 11.3 Å². The molecule has 0 atom stereocenters. The van der Waals surface area contributed by atoms with Gasteiger partial charge in [0.25, 0.3) is 0 Å². The fraction of sp³-hybridized carbons (Fsp3) is 0.143. The van der Waals surface area contributed by atoms with Gasteiger partial charge in [-0.25, -0.2) is 13.4 Å². The van der Waals surface area contributed by atoms with Crippen molar-refractivity contribution in [2.75, 3.05) is 11.6 Å². The maximum Gasteiger partial charge on any atom is 0.192 e. The fourth-order valence-corrected chi connectivity index (χ4v) is 2.22. The number of nitrogens with zero attached hydrogens (tertiary/aromatic N) is 2. The summed E-state index contributed by atoms with van der Waals surface area (Å²) < 4.78 is 22.6. The number of nitrogens with one attached hydrogen (secondary N) is 1. The molecule has 1 aromatic heterocycles. The Morgan fingerprint density at radius 3 is 2.70 bits per heavy atom. The molecular weight excluding hydrogens is 274 g/mol. The lowest BCUT2D eigenvalue weighted by atomic mass is 10.1. The van der Waals surface area contributed by atoms with E-state index in [4.69, 9.17) is 5.26 Å². The minimum atomic E-state index is -3.27. The highest BCUT2D eigenvalue weighted by atomic mass is 32.2. The largest absolute Gasteiger partial charge is 0.380 e. The second-order valence-electron chi connectivity index (χ2n) is 4.32. The number of hydrogen-bond donors (Lipinski definition) is 1. The van der Waals surface area contributed by atoms with Gasteiger partial charge in [0.2, 0.25) is 0 Å². The third kappa shape index (κ3) is 3.56. The zero-order valence-electron chi connectivity index (χ0n) is 10.9. The van der Waals surface area contributed by atoms with Crippen molar-refractivity contribution in [1.82, 2.24) is 4.98 Å². The number of pyridine rings is 1. The topological polar surface area (TPSA) is 82.9 Å². The lowest BCUT2D eigenvalue weighted by Gasteiger charge is -2.07. The zero-order valence-corrected chi connectivity index (χ0v) is 11.7. The van der Waals surface area contributed by atoms with E-state index in [1.807, 2.05) is 12.1 Å². The van der Waals surface area contributed by atoms with Crippen molar-refractivity contribution >= 4 is 15.5 Å². The van der Waals surface area contributed by atoms with Crippen LogP contribution >= 0.6 is 0 Å². The summed E-state index contributed by atoms with van der Waals surface area (Å²) in [7, 11) is -3.27. The van der Waals surface area contributed by atoms with Crippen LogP contribution in [0.4, 0.5) is 5.69 Å². The van der Waals surface area contributed by atoms with E-state index in [9.17, 15) is 8.42 Å². The molecule has 20 heavy (non-hydrogen) atoms. The number of anilines is 1. The van der Waals surface area contributed by atoms with Gasteiger partial charge in [-0.2, -0.15) is 5.26 Å². The molecule has 0 bridgehead atoms. The van der Waals surface area contributed by atoms with Gasteiger partial charge in [0.1, 0.15) is 0 Å². The summed E-state index contributed by atoms with van der Waals surface area (Å²) in [5, 5.41) is 12.0.